The predicted octanol–water partition coefficient (Wildman–Crippen LogP) is 1.16. The Morgan fingerprint density at radius 2 is 2.06 bits per heavy atom. The van der Waals surface area contributed by atoms with Crippen LogP contribution in [-0.4, -0.2) is 37.7 Å². The number of benzene rings is 1. The molecule has 3 nitrogen and oxygen atoms in total. The van der Waals surface area contributed by atoms with Crippen molar-refractivity contribution in [3.63, 3.8) is 0 Å². The largest absolute Gasteiger partial charge is 0.379 e. The number of hydrogen-bond donors (Lipinski definition) is 1. The minimum atomic E-state index is -0.188. The quantitative estimate of drug-likeness (QED) is 0.855. The molecule has 0 spiro atoms. The molecule has 0 saturated carbocycles. The summed E-state index contributed by atoms with van der Waals surface area (Å²) in [6.45, 7) is 4.79. The van der Waals surface area contributed by atoms with Gasteiger partial charge in [-0.3, -0.25) is 4.90 Å². The highest BCUT2D eigenvalue weighted by molar-refractivity contribution is 5.24. The fourth-order valence-electron chi connectivity index (χ4n) is 2.02. The molecule has 1 fully saturated rings. The molecular weight excluding hydrogens is 219 g/mol. The molecule has 2 rings (SSSR count). The van der Waals surface area contributed by atoms with Crippen molar-refractivity contribution >= 4 is 0 Å². The molecule has 0 amide bonds. The Kier molecular flexibility index (Phi) is 4.48. The Morgan fingerprint density at radius 3 is 2.71 bits per heavy atom. The molecule has 0 aromatic heterocycles. The Balaban J connectivity index is 1.87. The molecule has 0 radical (unpaired) electrons. The number of morpholine rings is 1. The lowest BCUT2D eigenvalue weighted by Crippen LogP contribution is -2.37. The summed E-state index contributed by atoms with van der Waals surface area (Å²) >= 11 is 0. The van der Waals surface area contributed by atoms with E-state index in [2.05, 4.69) is 4.90 Å². The molecule has 1 heterocycles. The maximum atomic E-state index is 13.5. The first-order valence-corrected chi connectivity index (χ1v) is 6.07. The lowest BCUT2D eigenvalue weighted by atomic mass is 10.1. The van der Waals surface area contributed by atoms with Crippen LogP contribution in [0.25, 0.3) is 0 Å². The smallest absolute Gasteiger partial charge is 0.127 e. The Labute approximate surface area is 101 Å². The SMILES string of the molecule is NCc1ccc(CCN2CCOCC2)cc1F. The maximum absolute atomic E-state index is 13.5. The van der Waals surface area contributed by atoms with Gasteiger partial charge in [-0.2, -0.15) is 0 Å². The van der Waals surface area contributed by atoms with Crippen molar-refractivity contribution in [3.8, 4) is 0 Å². The maximum Gasteiger partial charge on any atom is 0.127 e. The number of nitrogens with two attached hydrogens (primary N) is 1. The van der Waals surface area contributed by atoms with Crippen molar-refractivity contribution in [3.05, 3.63) is 35.1 Å². The lowest BCUT2D eigenvalue weighted by molar-refractivity contribution is 0.0384. The fraction of sp³-hybridized carbons (Fsp3) is 0.538. The first kappa shape index (κ1) is 12.5. The molecule has 1 aromatic rings. The van der Waals surface area contributed by atoms with Gasteiger partial charge in [0.1, 0.15) is 5.82 Å². The minimum absolute atomic E-state index is 0.188. The van der Waals surface area contributed by atoms with Gasteiger partial charge in [0.15, 0.2) is 0 Å². The molecule has 0 unspecified atom stereocenters. The number of hydrogen-bond acceptors (Lipinski definition) is 3. The van der Waals surface area contributed by atoms with E-state index in [1.165, 1.54) is 0 Å². The van der Waals surface area contributed by atoms with Gasteiger partial charge in [0.05, 0.1) is 13.2 Å². The highest BCUT2D eigenvalue weighted by Gasteiger charge is 2.10. The average molecular weight is 238 g/mol. The second-order valence-corrected chi connectivity index (χ2v) is 4.33. The van der Waals surface area contributed by atoms with Crippen LogP contribution >= 0.6 is 0 Å². The number of halogens is 1. The van der Waals surface area contributed by atoms with E-state index in [1.54, 1.807) is 12.1 Å². The van der Waals surface area contributed by atoms with E-state index in [0.717, 1.165) is 44.8 Å². The van der Waals surface area contributed by atoms with Crippen LogP contribution in [0.5, 0.6) is 0 Å². The van der Waals surface area contributed by atoms with Crippen LogP contribution in [0, 0.1) is 5.82 Å². The zero-order valence-corrected chi connectivity index (χ0v) is 9.99. The third kappa shape index (κ3) is 3.49. The van der Waals surface area contributed by atoms with Gasteiger partial charge in [-0.1, -0.05) is 12.1 Å². The second kappa shape index (κ2) is 6.10. The van der Waals surface area contributed by atoms with Crippen molar-refractivity contribution in [2.24, 2.45) is 5.73 Å². The lowest BCUT2D eigenvalue weighted by Gasteiger charge is -2.26. The van der Waals surface area contributed by atoms with Gasteiger partial charge < -0.3 is 10.5 Å². The minimum Gasteiger partial charge on any atom is -0.379 e. The first-order chi connectivity index (χ1) is 8.29. The van der Waals surface area contributed by atoms with Crippen LogP contribution < -0.4 is 5.73 Å². The number of ether oxygens (including phenoxy) is 1. The van der Waals surface area contributed by atoms with E-state index in [0.29, 0.717) is 5.56 Å². The number of rotatable bonds is 4. The van der Waals surface area contributed by atoms with Gasteiger partial charge in [0.2, 0.25) is 0 Å². The summed E-state index contributed by atoms with van der Waals surface area (Å²) in [7, 11) is 0. The Hall–Kier alpha value is -0.970. The van der Waals surface area contributed by atoms with Crippen molar-refractivity contribution in [1.82, 2.24) is 4.90 Å². The third-order valence-corrected chi connectivity index (χ3v) is 3.16. The van der Waals surface area contributed by atoms with E-state index in [9.17, 15) is 4.39 Å². The van der Waals surface area contributed by atoms with Gasteiger partial charge in [0.25, 0.3) is 0 Å². The van der Waals surface area contributed by atoms with Crippen molar-refractivity contribution in [1.29, 1.82) is 0 Å². The first-order valence-electron chi connectivity index (χ1n) is 6.07. The summed E-state index contributed by atoms with van der Waals surface area (Å²) in [5.74, 6) is -0.188. The van der Waals surface area contributed by atoms with Crippen molar-refractivity contribution < 1.29 is 9.13 Å². The highest BCUT2D eigenvalue weighted by atomic mass is 19.1. The summed E-state index contributed by atoms with van der Waals surface area (Å²) in [4.78, 5) is 2.35. The predicted molar refractivity (Wildman–Crippen MR) is 65.3 cm³/mol. The molecule has 1 aromatic carbocycles. The van der Waals surface area contributed by atoms with E-state index in [1.807, 2.05) is 6.07 Å². The molecule has 1 aliphatic heterocycles. The van der Waals surface area contributed by atoms with Gasteiger partial charge in [-0.15, -0.1) is 0 Å². The van der Waals surface area contributed by atoms with Gasteiger partial charge in [-0.05, 0) is 18.1 Å². The van der Waals surface area contributed by atoms with Crippen LogP contribution in [0.1, 0.15) is 11.1 Å². The average Bonchev–Trinajstić information content (AvgIpc) is 2.38. The number of nitrogens with zero attached hydrogens (tertiary/aromatic N) is 1. The highest BCUT2D eigenvalue weighted by Crippen LogP contribution is 2.11. The van der Waals surface area contributed by atoms with Crippen molar-refractivity contribution in [2.75, 3.05) is 32.8 Å². The molecule has 1 aliphatic rings. The topological polar surface area (TPSA) is 38.5 Å². The van der Waals surface area contributed by atoms with E-state index in [-0.39, 0.29) is 12.4 Å². The Bertz CT molecular complexity index is 364. The second-order valence-electron chi connectivity index (χ2n) is 4.33. The van der Waals surface area contributed by atoms with E-state index >= 15 is 0 Å². The fourth-order valence-corrected chi connectivity index (χ4v) is 2.02. The molecule has 94 valence electrons. The standard InChI is InChI=1S/C13H19FN2O/c14-13-9-11(1-2-12(13)10-15)3-4-16-5-7-17-8-6-16/h1-2,9H,3-8,10,15H2. The summed E-state index contributed by atoms with van der Waals surface area (Å²) in [6, 6.07) is 5.35. The normalized spacial score (nSPS) is 17.3. The zero-order chi connectivity index (χ0) is 12.1. The Morgan fingerprint density at radius 1 is 1.29 bits per heavy atom. The summed E-state index contributed by atoms with van der Waals surface area (Å²) in [5.41, 5.74) is 7.05. The van der Waals surface area contributed by atoms with Crippen LogP contribution in [0.4, 0.5) is 4.39 Å². The van der Waals surface area contributed by atoms with E-state index in [4.69, 9.17) is 10.5 Å². The molecule has 4 heteroatoms. The van der Waals surface area contributed by atoms with Gasteiger partial charge in [-0.25, -0.2) is 4.39 Å². The monoisotopic (exact) mass is 238 g/mol. The van der Waals surface area contributed by atoms with Crippen LogP contribution in [0.3, 0.4) is 0 Å². The summed E-state index contributed by atoms with van der Waals surface area (Å²) in [6.07, 6.45) is 0.877. The van der Waals surface area contributed by atoms with Gasteiger partial charge in [0, 0.05) is 31.7 Å². The van der Waals surface area contributed by atoms with E-state index < -0.39 is 0 Å². The molecule has 17 heavy (non-hydrogen) atoms. The molecule has 0 bridgehead atoms. The summed E-state index contributed by atoms with van der Waals surface area (Å²) in [5, 5.41) is 0. The molecule has 0 aliphatic carbocycles. The molecule has 2 N–H and O–H groups in total. The van der Waals surface area contributed by atoms with Crippen molar-refractivity contribution in [2.45, 2.75) is 13.0 Å². The van der Waals surface area contributed by atoms with Crippen LogP contribution in [0.2, 0.25) is 0 Å². The summed E-state index contributed by atoms with van der Waals surface area (Å²) < 4.78 is 18.8. The van der Waals surface area contributed by atoms with Crippen LogP contribution in [-0.2, 0) is 17.7 Å². The van der Waals surface area contributed by atoms with Gasteiger partial charge >= 0.3 is 0 Å². The molecule has 0 atom stereocenters. The third-order valence-electron chi connectivity index (χ3n) is 3.16. The van der Waals surface area contributed by atoms with Crippen LogP contribution in [0.15, 0.2) is 18.2 Å². The molecule has 1 saturated heterocycles. The zero-order valence-electron chi connectivity index (χ0n) is 9.99. The molecular formula is C13H19FN2O.